The van der Waals surface area contributed by atoms with Gasteiger partial charge in [0, 0.05) is 17.7 Å². The van der Waals surface area contributed by atoms with Crippen LogP contribution in [0.15, 0.2) is 72.8 Å². The van der Waals surface area contributed by atoms with Gasteiger partial charge in [-0.15, -0.1) is 0 Å². The van der Waals surface area contributed by atoms with Crippen LogP contribution >= 0.6 is 0 Å². The molecule has 0 saturated heterocycles. The maximum atomic E-state index is 14.5. The monoisotopic (exact) mass is 504 g/mol. The van der Waals surface area contributed by atoms with Crippen molar-refractivity contribution in [3.63, 3.8) is 0 Å². The van der Waals surface area contributed by atoms with Crippen molar-refractivity contribution in [2.45, 2.75) is 6.11 Å². The topological polar surface area (TPSA) is 9.23 Å². The van der Waals surface area contributed by atoms with Crippen molar-refractivity contribution in [2.75, 3.05) is 0 Å². The molecule has 4 aromatic carbocycles. The maximum Gasteiger partial charge on any atom is 0.432 e. The average molecular weight is 504 g/mol. The van der Waals surface area contributed by atoms with Gasteiger partial charge in [0.25, 0.3) is 0 Å². The number of ether oxygens (including phenoxy) is 1. The molecule has 0 saturated carbocycles. The molecule has 0 aromatic heterocycles. The summed E-state index contributed by atoms with van der Waals surface area (Å²) in [6, 6.07) is 14.2. The van der Waals surface area contributed by atoms with E-state index < -0.39 is 57.9 Å². The molecule has 0 N–H and O–H groups in total. The van der Waals surface area contributed by atoms with Crippen LogP contribution in [-0.2, 0) is 6.11 Å². The molecular formula is C27H12F8O. The quantitative estimate of drug-likeness (QED) is 0.157. The number of alkyl halides is 2. The van der Waals surface area contributed by atoms with E-state index in [4.69, 9.17) is 0 Å². The van der Waals surface area contributed by atoms with Crippen LogP contribution in [0.4, 0.5) is 35.1 Å². The number of benzene rings is 4. The van der Waals surface area contributed by atoms with Gasteiger partial charge in [0.1, 0.15) is 28.8 Å². The Kier molecular flexibility index (Phi) is 6.71. The highest BCUT2D eigenvalue weighted by molar-refractivity contribution is 5.64. The van der Waals surface area contributed by atoms with Crippen molar-refractivity contribution in [1.82, 2.24) is 0 Å². The summed E-state index contributed by atoms with van der Waals surface area (Å²) in [6.07, 6.45) is -4.73. The minimum Gasteiger partial charge on any atom is -0.429 e. The standard InChI is InChI=1S/C27H12F8O/c28-20-12-18(16-4-2-1-3-5-16)9-8-17(20)7-6-15-10-21(29)25(22(30)11-15)27(34,35)36-19-13-23(31)26(33)24(32)14-19/h1-5,8-14H. The normalized spacial score (nSPS) is 11.1. The highest BCUT2D eigenvalue weighted by Gasteiger charge is 2.41. The van der Waals surface area contributed by atoms with E-state index in [2.05, 4.69) is 16.6 Å². The van der Waals surface area contributed by atoms with E-state index in [0.717, 1.165) is 5.56 Å². The van der Waals surface area contributed by atoms with Gasteiger partial charge in [0.15, 0.2) is 17.5 Å². The number of halogens is 8. The Morgan fingerprint density at radius 1 is 0.583 bits per heavy atom. The van der Waals surface area contributed by atoms with Gasteiger partial charge >= 0.3 is 6.11 Å². The Morgan fingerprint density at radius 2 is 1.19 bits per heavy atom. The van der Waals surface area contributed by atoms with Crippen LogP contribution in [0.2, 0.25) is 0 Å². The smallest absolute Gasteiger partial charge is 0.429 e. The van der Waals surface area contributed by atoms with Crippen LogP contribution in [0.3, 0.4) is 0 Å². The summed E-state index contributed by atoms with van der Waals surface area (Å²) in [6.45, 7) is 0. The number of hydrogen-bond acceptors (Lipinski definition) is 1. The Bertz CT molecular complexity index is 1460. The first-order chi connectivity index (χ1) is 17.0. The first-order valence-electron chi connectivity index (χ1n) is 10.1. The van der Waals surface area contributed by atoms with Gasteiger partial charge in [-0.05, 0) is 35.4 Å². The summed E-state index contributed by atoms with van der Waals surface area (Å²) < 4.78 is 116. The van der Waals surface area contributed by atoms with Gasteiger partial charge < -0.3 is 4.74 Å². The van der Waals surface area contributed by atoms with Crippen LogP contribution in [0, 0.1) is 46.7 Å². The maximum absolute atomic E-state index is 14.5. The molecule has 0 unspecified atom stereocenters. The minimum atomic E-state index is -4.73. The average Bonchev–Trinajstić information content (AvgIpc) is 2.81. The molecule has 0 spiro atoms. The van der Waals surface area contributed by atoms with E-state index in [9.17, 15) is 35.1 Å². The Morgan fingerprint density at radius 3 is 1.78 bits per heavy atom. The van der Waals surface area contributed by atoms with Crippen molar-refractivity contribution in [3.8, 4) is 28.7 Å². The number of rotatable bonds is 4. The minimum absolute atomic E-state index is 0.0968. The lowest BCUT2D eigenvalue weighted by Crippen LogP contribution is -2.25. The molecule has 36 heavy (non-hydrogen) atoms. The molecule has 0 aliphatic carbocycles. The summed E-state index contributed by atoms with van der Waals surface area (Å²) in [5.74, 6) is -6.41. The molecule has 0 amide bonds. The Labute approximate surface area is 199 Å². The zero-order valence-electron chi connectivity index (χ0n) is 17.9. The van der Waals surface area contributed by atoms with Crippen LogP contribution in [-0.4, -0.2) is 0 Å². The van der Waals surface area contributed by atoms with E-state index in [1.165, 1.54) is 12.1 Å². The molecular weight excluding hydrogens is 492 g/mol. The van der Waals surface area contributed by atoms with E-state index in [-0.39, 0.29) is 17.7 Å². The van der Waals surface area contributed by atoms with Gasteiger partial charge in [-0.25, -0.2) is 26.3 Å². The molecule has 182 valence electrons. The third kappa shape index (κ3) is 5.18. The van der Waals surface area contributed by atoms with Gasteiger partial charge in [0.05, 0.1) is 5.56 Å². The van der Waals surface area contributed by atoms with E-state index >= 15 is 0 Å². The largest absolute Gasteiger partial charge is 0.432 e. The second-order valence-electron chi connectivity index (χ2n) is 7.45. The Hall–Kier alpha value is -4.32. The third-order valence-corrected chi connectivity index (χ3v) is 4.95. The van der Waals surface area contributed by atoms with E-state index in [1.54, 1.807) is 36.4 Å². The molecule has 4 aromatic rings. The summed E-state index contributed by atoms with van der Waals surface area (Å²) in [4.78, 5) is 0. The molecule has 1 nitrogen and oxygen atoms in total. The van der Waals surface area contributed by atoms with Crippen molar-refractivity contribution >= 4 is 0 Å². The van der Waals surface area contributed by atoms with Crippen molar-refractivity contribution in [1.29, 1.82) is 0 Å². The lowest BCUT2D eigenvalue weighted by atomic mass is 10.0. The summed E-state index contributed by atoms with van der Waals surface area (Å²) >= 11 is 0. The van der Waals surface area contributed by atoms with Gasteiger partial charge in [0.2, 0.25) is 0 Å². The molecule has 0 aliphatic heterocycles. The fourth-order valence-electron chi connectivity index (χ4n) is 3.28. The highest BCUT2D eigenvalue weighted by Crippen LogP contribution is 2.36. The Balaban J connectivity index is 1.60. The van der Waals surface area contributed by atoms with Crippen molar-refractivity contribution in [3.05, 3.63) is 124 Å². The summed E-state index contributed by atoms with van der Waals surface area (Å²) in [5, 5.41) is 0. The van der Waals surface area contributed by atoms with Crippen LogP contribution in [0.5, 0.6) is 5.75 Å². The third-order valence-electron chi connectivity index (χ3n) is 4.95. The highest BCUT2D eigenvalue weighted by atomic mass is 19.3. The first kappa shape index (κ1) is 24.8. The lowest BCUT2D eigenvalue weighted by Gasteiger charge is -2.19. The molecule has 4 rings (SSSR count). The zero-order valence-corrected chi connectivity index (χ0v) is 17.9. The first-order valence-corrected chi connectivity index (χ1v) is 10.1. The van der Waals surface area contributed by atoms with Crippen molar-refractivity contribution < 1.29 is 39.9 Å². The second kappa shape index (κ2) is 9.74. The fourth-order valence-corrected chi connectivity index (χ4v) is 3.28. The fraction of sp³-hybridized carbons (Fsp3) is 0.0370. The molecule has 0 aliphatic rings. The summed E-state index contributed by atoms with van der Waals surface area (Å²) in [5.41, 5.74) is -1.03. The molecule has 0 heterocycles. The van der Waals surface area contributed by atoms with Crippen molar-refractivity contribution in [2.24, 2.45) is 0 Å². The van der Waals surface area contributed by atoms with Crippen LogP contribution in [0.1, 0.15) is 16.7 Å². The van der Waals surface area contributed by atoms with E-state index in [1.807, 2.05) is 0 Å². The lowest BCUT2D eigenvalue weighted by molar-refractivity contribution is -0.189. The molecule has 9 heteroatoms. The molecule has 0 fully saturated rings. The number of hydrogen-bond donors (Lipinski definition) is 0. The predicted molar refractivity (Wildman–Crippen MR) is 115 cm³/mol. The molecule has 0 bridgehead atoms. The molecule has 0 atom stereocenters. The second-order valence-corrected chi connectivity index (χ2v) is 7.45. The van der Waals surface area contributed by atoms with Gasteiger partial charge in [-0.1, -0.05) is 48.2 Å². The van der Waals surface area contributed by atoms with Gasteiger partial charge in [-0.2, -0.15) is 8.78 Å². The predicted octanol–water partition coefficient (Wildman–Crippen LogP) is 7.72. The van der Waals surface area contributed by atoms with E-state index in [0.29, 0.717) is 17.7 Å². The summed E-state index contributed by atoms with van der Waals surface area (Å²) in [7, 11) is 0. The van der Waals surface area contributed by atoms with Crippen LogP contribution in [0.25, 0.3) is 11.1 Å². The zero-order chi connectivity index (χ0) is 26.0. The van der Waals surface area contributed by atoms with Crippen LogP contribution < -0.4 is 4.74 Å². The van der Waals surface area contributed by atoms with Gasteiger partial charge in [-0.3, -0.25) is 0 Å². The SMILES string of the molecule is Fc1cc(-c2ccccc2)ccc1C#Cc1cc(F)c(C(F)(F)Oc2cc(F)c(F)c(F)c2)c(F)c1. The molecule has 0 radical (unpaired) electrons.